The van der Waals surface area contributed by atoms with E-state index in [1.165, 1.54) is 18.8 Å². The molecule has 34 heavy (non-hydrogen) atoms. The lowest BCUT2D eigenvalue weighted by molar-refractivity contribution is -0.116. The lowest BCUT2D eigenvalue weighted by Crippen LogP contribution is -2.42. The Balaban J connectivity index is 1.92. The Morgan fingerprint density at radius 2 is 1.62 bits per heavy atom. The number of anilines is 1. The number of rotatable bonds is 6. The Morgan fingerprint density at radius 1 is 0.971 bits per heavy atom. The smallest absolute Gasteiger partial charge is 0.337 e. The van der Waals surface area contributed by atoms with Crippen LogP contribution >= 0.6 is 0 Å². The molecule has 4 aromatic rings. The molecule has 0 spiro atoms. The first kappa shape index (κ1) is 22.8. The van der Waals surface area contributed by atoms with Crippen molar-refractivity contribution in [1.82, 2.24) is 14.1 Å². The third-order valence-electron chi connectivity index (χ3n) is 5.43. The molecule has 9 heteroatoms. The maximum atomic E-state index is 13.6. The van der Waals surface area contributed by atoms with Crippen LogP contribution in [0.15, 0.2) is 64.2 Å². The van der Waals surface area contributed by atoms with Crippen molar-refractivity contribution in [1.29, 1.82) is 0 Å². The van der Waals surface area contributed by atoms with Crippen molar-refractivity contribution in [2.45, 2.75) is 20.4 Å². The summed E-state index contributed by atoms with van der Waals surface area (Å²) in [4.78, 5) is 44.4. The van der Waals surface area contributed by atoms with E-state index in [0.717, 1.165) is 4.57 Å². The Kier molecular flexibility index (Phi) is 6.18. The largest absolute Gasteiger partial charge is 0.495 e. The molecule has 0 atom stereocenters. The van der Waals surface area contributed by atoms with Crippen LogP contribution < -0.4 is 26.0 Å². The summed E-state index contributed by atoms with van der Waals surface area (Å²) < 4.78 is 12.9. The van der Waals surface area contributed by atoms with Gasteiger partial charge in [0.2, 0.25) is 5.91 Å². The molecule has 2 aromatic carbocycles. The number of aryl methyl sites for hydroxylation is 2. The molecule has 1 amide bonds. The van der Waals surface area contributed by atoms with Gasteiger partial charge < -0.3 is 14.8 Å². The summed E-state index contributed by atoms with van der Waals surface area (Å²) >= 11 is 0. The van der Waals surface area contributed by atoms with Crippen LogP contribution in [0.4, 0.5) is 5.69 Å². The molecule has 0 bridgehead atoms. The van der Waals surface area contributed by atoms with Gasteiger partial charge >= 0.3 is 5.69 Å². The molecule has 2 heterocycles. The minimum absolute atomic E-state index is 0.207. The number of carbonyl (C=O) groups excluding carboxylic acids is 1. The molecule has 0 saturated heterocycles. The number of fused-ring (bicyclic) bond motifs is 1. The number of methoxy groups -OCH3 is 2. The molecule has 0 unspecified atom stereocenters. The minimum atomic E-state index is -0.699. The van der Waals surface area contributed by atoms with Gasteiger partial charge in [0.15, 0.2) is 5.65 Å². The van der Waals surface area contributed by atoms with Crippen LogP contribution in [0.1, 0.15) is 11.3 Å². The number of hydrogen-bond acceptors (Lipinski definition) is 6. The van der Waals surface area contributed by atoms with Crippen molar-refractivity contribution >= 4 is 22.6 Å². The van der Waals surface area contributed by atoms with Gasteiger partial charge in [0, 0.05) is 5.69 Å². The van der Waals surface area contributed by atoms with Gasteiger partial charge in [-0.3, -0.25) is 9.59 Å². The van der Waals surface area contributed by atoms with Gasteiger partial charge in [-0.15, -0.1) is 0 Å². The maximum absolute atomic E-state index is 13.6. The highest BCUT2D eigenvalue weighted by Crippen LogP contribution is 2.25. The molecule has 1 N–H and O–H groups in total. The zero-order chi connectivity index (χ0) is 24.4. The van der Waals surface area contributed by atoms with Crippen molar-refractivity contribution in [3.8, 4) is 17.2 Å². The fourth-order valence-corrected chi connectivity index (χ4v) is 3.93. The predicted molar refractivity (Wildman–Crippen MR) is 129 cm³/mol. The zero-order valence-electron chi connectivity index (χ0n) is 19.3. The van der Waals surface area contributed by atoms with E-state index in [1.54, 1.807) is 68.4 Å². The average molecular weight is 460 g/mol. The first-order valence-electron chi connectivity index (χ1n) is 10.6. The second kappa shape index (κ2) is 9.22. The minimum Gasteiger partial charge on any atom is -0.495 e. The summed E-state index contributed by atoms with van der Waals surface area (Å²) in [6, 6.07) is 15.6. The molecule has 0 fully saturated rings. The first-order valence-corrected chi connectivity index (χ1v) is 10.6. The SMILES string of the molecule is COc1ccccc1NC(=O)Cn1c(=O)c2c(C)cc(C)nc2n(-c2ccccc2OC)c1=O. The Labute approximate surface area is 195 Å². The molecule has 0 aliphatic carbocycles. The zero-order valence-corrected chi connectivity index (χ0v) is 19.3. The van der Waals surface area contributed by atoms with E-state index in [4.69, 9.17) is 9.47 Å². The number of carbonyl (C=O) groups is 1. The van der Waals surface area contributed by atoms with Gasteiger partial charge in [-0.2, -0.15) is 0 Å². The molecule has 9 nitrogen and oxygen atoms in total. The Hall–Kier alpha value is -4.40. The van der Waals surface area contributed by atoms with Crippen molar-refractivity contribution in [2.75, 3.05) is 19.5 Å². The highest BCUT2D eigenvalue weighted by atomic mass is 16.5. The summed E-state index contributed by atoms with van der Waals surface area (Å²) in [5.41, 5.74) is 1.06. The first-order chi connectivity index (χ1) is 16.3. The summed E-state index contributed by atoms with van der Waals surface area (Å²) in [5, 5.41) is 2.96. The van der Waals surface area contributed by atoms with Gasteiger partial charge in [-0.05, 0) is 49.7 Å². The van der Waals surface area contributed by atoms with Crippen LogP contribution in [0.5, 0.6) is 11.5 Å². The topological polar surface area (TPSA) is 104 Å². The molecular weight excluding hydrogens is 436 g/mol. The standard InChI is InChI=1S/C25H24N4O5/c1-15-13-16(2)26-23-22(15)24(31)28(14-21(30)27-17-9-5-7-11-19(17)33-3)25(32)29(23)18-10-6-8-12-20(18)34-4/h5-13H,14H2,1-4H3,(H,27,30). The molecule has 174 valence electrons. The quantitative estimate of drug-likeness (QED) is 0.475. The third-order valence-corrected chi connectivity index (χ3v) is 5.43. The molecule has 0 saturated carbocycles. The fraction of sp³-hybridized carbons (Fsp3) is 0.200. The summed E-state index contributed by atoms with van der Waals surface area (Å²) in [6.45, 7) is 3.07. The number of ether oxygens (including phenoxy) is 2. The molecular formula is C25H24N4O5. The summed E-state index contributed by atoms with van der Waals surface area (Å²) in [7, 11) is 2.98. The van der Waals surface area contributed by atoms with Crippen molar-refractivity contribution in [2.24, 2.45) is 0 Å². The Morgan fingerprint density at radius 3 is 2.32 bits per heavy atom. The molecule has 4 rings (SSSR count). The van der Waals surface area contributed by atoms with E-state index in [9.17, 15) is 14.4 Å². The van der Waals surface area contributed by atoms with Gasteiger partial charge in [0.25, 0.3) is 5.56 Å². The van der Waals surface area contributed by atoms with E-state index in [0.29, 0.717) is 34.1 Å². The lowest BCUT2D eigenvalue weighted by atomic mass is 10.1. The number of amides is 1. The van der Waals surface area contributed by atoms with Crippen molar-refractivity contribution < 1.29 is 14.3 Å². The second-order valence-electron chi connectivity index (χ2n) is 7.71. The highest BCUT2D eigenvalue weighted by Gasteiger charge is 2.21. The van der Waals surface area contributed by atoms with Crippen LogP contribution in [0.3, 0.4) is 0 Å². The van der Waals surface area contributed by atoms with E-state index in [1.807, 2.05) is 0 Å². The number of nitrogens with one attached hydrogen (secondary N) is 1. The van der Waals surface area contributed by atoms with E-state index < -0.39 is 23.7 Å². The molecule has 0 radical (unpaired) electrons. The van der Waals surface area contributed by atoms with E-state index in [2.05, 4.69) is 10.3 Å². The number of para-hydroxylation sites is 4. The molecule has 0 aliphatic rings. The number of nitrogens with zero attached hydrogens (tertiary/aromatic N) is 3. The summed E-state index contributed by atoms with van der Waals surface area (Å²) in [5.74, 6) is 0.339. The van der Waals surface area contributed by atoms with E-state index >= 15 is 0 Å². The van der Waals surface area contributed by atoms with Crippen molar-refractivity contribution in [3.63, 3.8) is 0 Å². The van der Waals surface area contributed by atoms with Crippen LogP contribution in [0.2, 0.25) is 0 Å². The van der Waals surface area contributed by atoms with Crippen LogP contribution in [-0.4, -0.2) is 34.2 Å². The fourth-order valence-electron chi connectivity index (χ4n) is 3.93. The molecule has 2 aromatic heterocycles. The molecule has 0 aliphatic heterocycles. The highest BCUT2D eigenvalue weighted by molar-refractivity contribution is 5.92. The lowest BCUT2D eigenvalue weighted by Gasteiger charge is -2.17. The number of benzene rings is 2. The predicted octanol–water partition coefficient (Wildman–Crippen LogP) is 2.82. The van der Waals surface area contributed by atoms with E-state index in [-0.39, 0.29) is 11.0 Å². The van der Waals surface area contributed by atoms with Crippen LogP contribution in [0, 0.1) is 13.8 Å². The normalized spacial score (nSPS) is 10.8. The monoisotopic (exact) mass is 460 g/mol. The number of hydrogen-bond donors (Lipinski definition) is 1. The average Bonchev–Trinajstić information content (AvgIpc) is 2.82. The van der Waals surface area contributed by atoms with Gasteiger partial charge in [-0.1, -0.05) is 24.3 Å². The summed E-state index contributed by atoms with van der Waals surface area (Å²) in [6.07, 6.45) is 0. The van der Waals surface area contributed by atoms with Gasteiger partial charge in [0.1, 0.15) is 18.0 Å². The Bertz CT molecular complexity index is 1520. The maximum Gasteiger partial charge on any atom is 0.337 e. The van der Waals surface area contributed by atoms with Crippen molar-refractivity contribution in [3.05, 3.63) is 86.7 Å². The van der Waals surface area contributed by atoms with Gasteiger partial charge in [-0.25, -0.2) is 18.9 Å². The second-order valence-corrected chi connectivity index (χ2v) is 7.71. The number of aromatic nitrogens is 3. The number of pyridine rings is 1. The third kappa shape index (κ3) is 4.03. The van der Waals surface area contributed by atoms with Crippen LogP contribution in [0.25, 0.3) is 16.7 Å². The van der Waals surface area contributed by atoms with Crippen LogP contribution in [-0.2, 0) is 11.3 Å². The van der Waals surface area contributed by atoms with Gasteiger partial charge in [0.05, 0.1) is 31.0 Å².